The molecule has 0 atom stereocenters. The fraction of sp³-hybridized carbons (Fsp3) is 0.462. The van der Waals surface area contributed by atoms with Crippen LogP contribution in [0.25, 0.3) is 0 Å². The smallest absolute Gasteiger partial charge is 0.341 e. The lowest BCUT2D eigenvalue weighted by atomic mass is 9.98. The molecule has 1 aromatic rings. The first-order chi connectivity index (χ1) is 9.10. The van der Waals surface area contributed by atoms with Crippen molar-refractivity contribution in [2.24, 2.45) is 5.41 Å². The van der Waals surface area contributed by atoms with Crippen LogP contribution in [0.3, 0.4) is 0 Å². The Kier molecular flexibility index (Phi) is 5.13. The van der Waals surface area contributed by atoms with Crippen LogP contribution in [0.1, 0.15) is 20.8 Å². The Hall–Kier alpha value is -1.60. The van der Waals surface area contributed by atoms with Gasteiger partial charge in [0.1, 0.15) is 5.75 Å². The van der Waals surface area contributed by atoms with Crippen LogP contribution in [0.2, 0.25) is 0 Å². The summed E-state index contributed by atoms with van der Waals surface area (Å²) in [5, 5.41) is 8.47. The van der Waals surface area contributed by atoms with E-state index in [9.17, 15) is 13.2 Å². The van der Waals surface area contributed by atoms with Crippen molar-refractivity contribution in [1.82, 2.24) is 4.72 Å². The largest absolute Gasteiger partial charge is 0.482 e. The predicted molar refractivity (Wildman–Crippen MR) is 74.2 cm³/mol. The SMILES string of the molecule is CC(C)(C)CNS(=O)(=O)c1ccc(OCC(=O)O)cc1. The molecule has 0 spiro atoms. The molecule has 112 valence electrons. The van der Waals surface area contributed by atoms with Gasteiger partial charge >= 0.3 is 5.97 Å². The van der Waals surface area contributed by atoms with E-state index in [0.29, 0.717) is 12.3 Å². The van der Waals surface area contributed by atoms with Crippen LogP contribution in [0.15, 0.2) is 29.2 Å². The molecule has 0 amide bonds. The Labute approximate surface area is 118 Å². The van der Waals surface area contributed by atoms with Gasteiger partial charge in [0.15, 0.2) is 6.61 Å². The van der Waals surface area contributed by atoms with Crippen LogP contribution < -0.4 is 9.46 Å². The molecular weight excluding hydrogens is 282 g/mol. The average Bonchev–Trinajstić information content (AvgIpc) is 2.34. The minimum atomic E-state index is -3.56. The van der Waals surface area contributed by atoms with Crippen molar-refractivity contribution in [1.29, 1.82) is 0 Å². The van der Waals surface area contributed by atoms with Gasteiger partial charge in [0.05, 0.1) is 4.90 Å². The van der Waals surface area contributed by atoms with Crippen molar-refractivity contribution in [3.63, 3.8) is 0 Å². The van der Waals surface area contributed by atoms with Gasteiger partial charge in [-0.1, -0.05) is 20.8 Å². The Morgan fingerprint density at radius 3 is 2.25 bits per heavy atom. The van der Waals surface area contributed by atoms with Crippen molar-refractivity contribution >= 4 is 16.0 Å². The number of nitrogens with one attached hydrogen (secondary N) is 1. The van der Waals surface area contributed by atoms with Gasteiger partial charge in [0.25, 0.3) is 0 Å². The Bertz CT molecular complexity index is 557. The molecule has 0 aliphatic carbocycles. The third-order valence-electron chi connectivity index (χ3n) is 2.29. The molecule has 0 unspecified atom stereocenters. The lowest BCUT2D eigenvalue weighted by molar-refractivity contribution is -0.139. The summed E-state index contributed by atoms with van der Waals surface area (Å²) in [6.07, 6.45) is 0. The van der Waals surface area contributed by atoms with E-state index in [4.69, 9.17) is 9.84 Å². The van der Waals surface area contributed by atoms with Crippen LogP contribution in [0.5, 0.6) is 5.75 Å². The first-order valence-corrected chi connectivity index (χ1v) is 7.53. The quantitative estimate of drug-likeness (QED) is 0.830. The van der Waals surface area contributed by atoms with Gasteiger partial charge in [0.2, 0.25) is 10.0 Å². The summed E-state index contributed by atoms with van der Waals surface area (Å²) >= 11 is 0. The van der Waals surface area contributed by atoms with Gasteiger partial charge in [-0.05, 0) is 29.7 Å². The van der Waals surface area contributed by atoms with E-state index in [1.807, 2.05) is 20.8 Å². The number of hydrogen-bond acceptors (Lipinski definition) is 4. The average molecular weight is 301 g/mol. The second kappa shape index (κ2) is 6.23. The predicted octanol–water partition coefficient (Wildman–Crippen LogP) is 1.47. The summed E-state index contributed by atoms with van der Waals surface area (Å²) in [6.45, 7) is 5.65. The minimum Gasteiger partial charge on any atom is -0.482 e. The van der Waals surface area contributed by atoms with Crippen molar-refractivity contribution in [3.8, 4) is 5.75 Å². The normalized spacial score (nSPS) is 12.2. The number of rotatable bonds is 6. The van der Waals surface area contributed by atoms with Crippen LogP contribution in [0.4, 0.5) is 0 Å². The molecule has 2 N–H and O–H groups in total. The highest BCUT2D eigenvalue weighted by Gasteiger charge is 2.18. The van der Waals surface area contributed by atoms with Crippen molar-refractivity contribution in [3.05, 3.63) is 24.3 Å². The molecule has 0 bridgehead atoms. The maximum Gasteiger partial charge on any atom is 0.341 e. The van der Waals surface area contributed by atoms with Gasteiger partial charge in [-0.15, -0.1) is 0 Å². The molecule has 0 aliphatic heterocycles. The maximum atomic E-state index is 12.0. The maximum absolute atomic E-state index is 12.0. The number of carboxylic acid groups (broad SMARTS) is 1. The molecule has 0 aromatic heterocycles. The van der Waals surface area contributed by atoms with Crippen LogP contribution in [-0.4, -0.2) is 32.6 Å². The van der Waals surface area contributed by atoms with Crippen molar-refractivity contribution in [2.75, 3.05) is 13.2 Å². The Balaban J connectivity index is 2.74. The van der Waals surface area contributed by atoms with Gasteiger partial charge in [0, 0.05) is 6.54 Å². The number of aliphatic carboxylic acids is 1. The number of carbonyl (C=O) groups is 1. The zero-order chi connectivity index (χ0) is 15.4. The zero-order valence-corrected chi connectivity index (χ0v) is 12.5. The molecule has 0 aliphatic rings. The molecular formula is C13H19NO5S. The van der Waals surface area contributed by atoms with E-state index in [1.54, 1.807) is 0 Å². The zero-order valence-electron chi connectivity index (χ0n) is 11.7. The van der Waals surface area contributed by atoms with Crippen molar-refractivity contribution in [2.45, 2.75) is 25.7 Å². The monoisotopic (exact) mass is 301 g/mol. The minimum absolute atomic E-state index is 0.115. The molecule has 0 saturated carbocycles. The van der Waals surface area contributed by atoms with E-state index >= 15 is 0 Å². The van der Waals surface area contributed by atoms with E-state index in [1.165, 1.54) is 24.3 Å². The summed E-state index contributed by atoms with van der Waals surface area (Å²) in [7, 11) is -3.56. The number of benzene rings is 1. The second-order valence-corrected chi connectivity index (χ2v) is 7.31. The second-order valence-electron chi connectivity index (χ2n) is 5.54. The number of hydrogen-bond donors (Lipinski definition) is 2. The molecule has 0 fully saturated rings. The van der Waals surface area contributed by atoms with Gasteiger partial charge < -0.3 is 9.84 Å². The third-order valence-corrected chi connectivity index (χ3v) is 3.71. The fourth-order valence-electron chi connectivity index (χ4n) is 1.25. The molecule has 6 nitrogen and oxygen atoms in total. The topological polar surface area (TPSA) is 92.7 Å². The molecule has 1 aromatic carbocycles. The van der Waals surface area contributed by atoms with E-state index < -0.39 is 22.6 Å². The molecule has 7 heteroatoms. The summed E-state index contributed by atoms with van der Waals surface area (Å²) in [5.41, 5.74) is -0.155. The first kappa shape index (κ1) is 16.5. The summed E-state index contributed by atoms with van der Waals surface area (Å²) in [5.74, 6) is -0.782. The van der Waals surface area contributed by atoms with Gasteiger partial charge in [-0.2, -0.15) is 0 Å². The van der Waals surface area contributed by atoms with E-state index in [0.717, 1.165) is 0 Å². The lowest BCUT2D eigenvalue weighted by Crippen LogP contribution is -2.32. The number of ether oxygens (including phenoxy) is 1. The fourth-order valence-corrected chi connectivity index (χ4v) is 2.54. The Morgan fingerprint density at radius 2 is 1.80 bits per heavy atom. The van der Waals surface area contributed by atoms with E-state index in [2.05, 4.69) is 4.72 Å². The van der Waals surface area contributed by atoms with Gasteiger partial charge in [-0.25, -0.2) is 17.9 Å². The summed E-state index contributed by atoms with van der Waals surface area (Å²) in [4.78, 5) is 10.5. The summed E-state index contributed by atoms with van der Waals surface area (Å²) < 4.78 is 31.5. The van der Waals surface area contributed by atoms with Gasteiger partial charge in [-0.3, -0.25) is 0 Å². The highest BCUT2D eigenvalue weighted by atomic mass is 32.2. The van der Waals surface area contributed by atoms with E-state index in [-0.39, 0.29) is 10.3 Å². The molecule has 1 rings (SSSR count). The molecule has 0 heterocycles. The lowest BCUT2D eigenvalue weighted by Gasteiger charge is -2.18. The number of carboxylic acids is 1. The molecule has 0 saturated heterocycles. The summed E-state index contributed by atoms with van der Waals surface area (Å²) in [6, 6.07) is 5.60. The Morgan fingerprint density at radius 1 is 1.25 bits per heavy atom. The third kappa shape index (κ3) is 5.58. The van der Waals surface area contributed by atoms with Crippen LogP contribution in [-0.2, 0) is 14.8 Å². The molecule has 0 radical (unpaired) electrons. The van der Waals surface area contributed by atoms with Crippen molar-refractivity contribution < 1.29 is 23.1 Å². The first-order valence-electron chi connectivity index (χ1n) is 6.04. The van der Waals surface area contributed by atoms with Crippen LogP contribution >= 0.6 is 0 Å². The highest BCUT2D eigenvalue weighted by Crippen LogP contribution is 2.17. The number of sulfonamides is 1. The molecule has 20 heavy (non-hydrogen) atoms. The standard InChI is InChI=1S/C13H19NO5S/c1-13(2,3)9-14-20(17,18)11-6-4-10(5-7-11)19-8-12(15)16/h4-7,14H,8-9H2,1-3H3,(H,15,16). The highest BCUT2D eigenvalue weighted by molar-refractivity contribution is 7.89. The van der Waals surface area contributed by atoms with Crippen LogP contribution in [0, 0.1) is 5.41 Å².